The fourth-order valence-corrected chi connectivity index (χ4v) is 2.91. The third-order valence-corrected chi connectivity index (χ3v) is 4.06. The molecule has 1 saturated heterocycles. The molecule has 3 heteroatoms. The SMILES string of the molecule is CCOC1CC(C2(O)CNC2)C1(C)C. The Balaban J connectivity index is 1.98. The van der Waals surface area contributed by atoms with E-state index < -0.39 is 5.60 Å². The minimum atomic E-state index is -0.461. The molecule has 14 heavy (non-hydrogen) atoms. The molecule has 2 rings (SSSR count). The Bertz CT molecular complexity index is 223. The Hall–Kier alpha value is -0.120. The lowest BCUT2D eigenvalue weighted by Gasteiger charge is -2.60. The van der Waals surface area contributed by atoms with E-state index in [1.54, 1.807) is 0 Å². The molecular weight excluding hydrogens is 178 g/mol. The van der Waals surface area contributed by atoms with Crippen LogP contribution in [0.3, 0.4) is 0 Å². The van der Waals surface area contributed by atoms with Crippen LogP contribution < -0.4 is 5.32 Å². The van der Waals surface area contributed by atoms with Crippen LogP contribution in [0.4, 0.5) is 0 Å². The van der Waals surface area contributed by atoms with Crippen molar-refractivity contribution in [1.82, 2.24) is 5.32 Å². The summed E-state index contributed by atoms with van der Waals surface area (Å²) in [6.45, 7) is 8.72. The molecule has 1 aliphatic carbocycles. The molecule has 0 aromatic rings. The first-order valence-electron chi connectivity index (χ1n) is 5.55. The lowest BCUT2D eigenvalue weighted by atomic mass is 9.53. The van der Waals surface area contributed by atoms with Crippen molar-refractivity contribution in [3.8, 4) is 0 Å². The summed E-state index contributed by atoms with van der Waals surface area (Å²) in [4.78, 5) is 0. The van der Waals surface area contributed by atoms with Gasteiger partial charge in [-0.3, -0.25) is 0 Å². The third kappa shape index (κ3) is 1.30. The molecule has 0 bridgehead atoms. The molecule has 2 aliphatic rings. The van der Waals surface area contributed by atoms with Crippen molar-refractivity contribution < 1.29 is 9.84 Å². The zero-order valence-corrected chi connectivity index (χ0v) is 9.34. The van der Waals surface area contributed by atoms with E-state index in [1.165, 1.54) is 0 Å². The highest BCUT2D eigenvalue weighted by Gasteiger charge is 2.59. The van der Waals surface area contributed by atoms with Crippen LogP contribution in [-0.2, 0) is 4.74 Å². The minimum Gasteiger partial charge on any atom is -0.387 e. The monoisotopic (exact) mass is 199 g/mol. The molecule has 0 amide bonds. The van der Waals surface area contributed by atoms with Gasteiger partial charge in [0.05, 0.1) is 11.7 Å². The number of nitrogens with one attached hydrogen (secondary N) is 1. The van der Waals surface area contributed by atoms with Crippen molar-refractivity contribution in [1.29, 1.82) is 0 Å². The third-order valence-electron chi connectivity index (χ3n) is 4.06. The molecule has 82 valence electrons. The van der Waals surface area contributed by atoms with Crippen molar-refractivity contribution >= 4 is 0 Å². The lowest BCUT2D eigenvalue weighted by Crippen LogP contribution is -2.72. The standard InChI is InChI=1S/C11H21NO2/c1-4-14-9-5-8(10(9,2)3)11(13)6-12-7-11/h8-9,12-13H,4-7H2,1-3H3. The predicted molar refractivity (Wildman–Crippen MR) is 55.1 cm³/mol. The number of ether oxygens (including phenoxy) is 1. The average molecular weight is 199 g/mol. The summed E-state index contributed by atoms with van der Waals surface area (Å²) in [5.41, 5.74) is -0.329. The van der Waals surface area contributed by atoms with Crippen molar-refractivity contribution in [2.75, 3.05) is 19.7 Å². The summed E-state index contributed by atoms with van der Waals surface area (Å²) in [7, 11) is 0. The summed E-state index contributed by atoms with van der Waals surface area (Å²) >= 11 is 0. The molecule has 2 unspecified atom stereocenters. The van der Waals surface area contributed by atoms with E-state index in [4.69, 9.17) is 4.74 Å². The van der Waals surface area contributed by atoms with Gasteiger partial charge >= 0.3 is 0 Å². The van der Waals surface area contributed by atoms with Crippen molar-refractivity contribution in [3.05, 3.63) is 0 Å². The molecule has 1 saturated carbocycles. The second-order valence-corrected chi connectivity index (χ2v) is 5.26. The summed E-state index contributed by atoms with van der Waals surface area (Å²) in [6, 6.07) is 0. The van der Waals surface area contributed by atoms with Crippen LogP contribution in [0.2, 0.25) is 0 Å². The lowest BCUT2D eigenvalue weighted by molar-refractivity contribution is -0.217. The number of hydrogen-bond donors (Lipinski definition) is 2. The van der Waals surface area contributed by atoms with Gasteiger partial charge in [0.25, 0.3) is 0 Å². The van der Waals surface area contributed by atoms with Crippen LogP contribution >= 0.6 is 0 Å². The van der Waals surface area contributed by atoms with Crippen molar-refractivity contribution in [2.24, 2.45) is 11.3 Å². The van der Waals surface area contributed by atoms with E-state index in [-0.39, 0.29) is 5.41 Å². The maximum atomic E-state index is 10.2. The van der Waals surface area contributed by atoms with Crippen LogP contribution in [0.25, 0.3) is 0 Å². The molecule has 0 aromatic carbocycles. The topological polar surface area (TPSA) is 41.5 Å². The molecule has 1 aliphatic heterocycles. The number of aliphatic hydroxyl groups is 1. The number of β-amino-alcohol motifs (C(OH)–C–C–N with tert-alkyl or cyclic N) is 1. The summed E-state index contributed by atoms with van der Waals surface area (Å²) in [6.07, 6.45) is 1.35. The van der Waals surface area contributed by atoms with Gasteiger partial charge in [0.1, 0.15) is 0 Å². The highest BCUT2D eigenvalue weighted by Crippen LogP contribution is 2.53. The molecule has 1 heterocycles. The van der Waals surface area contributed by atoms with Crippen LogP contribution in [0.5, 0.6) is 0 Å². The summed E-state index contributed by atoms with van der Waals surface area (Å²) in [5, 5.41) is 13.4. The highest BCUT2D eigenvalue weighted by atomic mass is 16.5. The molecule has 0 radical (unpaired) electrons. The second kappa shape index (κ2) is 3.19. The molecule has 3 nitrogen and oxygen atoms in total. The first-order chi connectivity index (χ1) is 6.50. The van der Waals surface area contributed by atoms with Crippen LogP contribution in [0, 0.1) is 11.3 Å². The first kappa shape index (κ1) is 10.4. The number of rotatable bonds is 3. The Morgan fingerprint density at radius 3 is 2.43 bits per heavy atom. The fraction of sp³-hybridized carbons (Fsp3) is 1.00. The van der Waals surface area contributed by atoms with Gasteiger partial charge in [-0.2, -0.15) is 0 Å². The first-order valence-corrected chi connectivity index (χ1v) is 5.55. The Kier molecular flexibility index (Phi) is 2.37. The number of hydrogen-bond acceptors (Lipinski definition) is 3. The smallest absolute Gasteiger partial charge is 0.0930 e. The van der Waals surface area contributed by atoms with Crippen molar-refractivity contribution in [2.45, 2.75) is 38.9 Å². The quantitative estimate of drug-likeness (QED) is 0.705. The average Bonchev–Trinajstić information content (AvgIpc) is 2.08. The van der Waals surface area contributed by atoms with Gasteiger partial charge in [-0.05, 0) is 18.8 Å². The van der Waals surface area contributed by atoms with Gasteiger partial charge in [0.15, 0.2) is 0 Å². The normalized spacial score (nSPS) is 38.6. The van der Waals surface area contributed by atoms with E-state index in [1.807, 2.05) is 6.92 Å². The van der Waals surface area contributed by atoms with Crippen molar-refractivity contribution in [3.63, 3.8) is 0 Å². The van der Waals surface area contributed by atoms with Gasteiger partial charge < -0.3 is 15.2 Å². The second-order valence-electron chi connectivity index (χ2n) is 5.26. The molecule has 0 aromatic heterocycles. The molecular formula is C11H21NO2. The van der Waals surface area contributed by atoms with E-state index in [9.17, 15) is 5.11 Å². The Labute approximate surface area is 85.8 Å². The maximum absolute atomic E-state index is 10.2. The zero-order chi connectivity index (χ0) is 10.4. The molecule has 2 N–H and O–H groups in total. The van der Waals surface area contributed by atoms with Crippen LogP contribution in [-0.4, -0.2) is 36.5 Å². The highest BCUT2D eigenvalue weighted by molar-refractivity contribution is 5.11. The molecule has 0 spiro atoms. The van der Waals surface area contributed by atoms with Gasteiger partial charge in [-0.25, -0.2) is 0 Å². The Morgan fingerprint density at radius 2 is 2.07 bits per heavy atom. The molecule has 2 atom stereocenters. The van der Waals surface area contributed by atoms with Crippen LogP contribution in [0.1, 0.15) is 27.2 Å². The van der Waals surface area contributed by atoms with Gasteiger partial charge in [0.2, 0.25) is 0 Å². The van der Waals surface area contributed by atoms with E-state index in [0.29, 0.717) is 12.0 Å². The van der Waals surface area contributed by atoms with Gasteiger partial charge in [-0.15, -0.1) is 0 Å². The largest absolute Gasteiger partial charge is 0.387 e. The fourth-order valence-electron chi connectivity index (χ4n) is 2.91. The maximum Gasteiger partial charge on any atom is 0.0930 e. The zero-order valence-electron chi connectivity index (χ0n) is 9.34. The van der Waals surface area contributed by atoms with Gasteiger partial charge in [0, 0.05) is 25.6 Å². The van der Waals surface area contributed by atoms with E-state index in [0.717, 1.165) is 26.1 Å². The summed E-state index contributed by atoms with van der Waals surface area (Å²) < 4.78 is 5.66. The van der Waals surface area contributed by atoms with E-state index >= 15 is 0 Å². The minimum absolute atomic E-state index is 0.132. The Morgan fingerprint density at radius 1 is 1.43 bits per heavy atom. The summed E-state index contributed by atoms with van der Waals surface area (Å²) in [5.74, 6) is 0.396. The molecule has 2 fully saturated rings. The predicted octanol–water partition coefficient (Wildman–Crippen LogP) is 0.772. The van der Waals surface area contributed by atoms with Crippen LogP contribution in [0.15, 0.2) is 0 Å². The van der Waals surface area contributed by atoms with E-state index in [2.05, 4.69) is 19.2 Å². The van der Waals surface area contributed by atoms with Gasteiger partial charge in [-0.1, -0.05) is 13.8 Å².